The number of hydrogen-bond donors (Lipinski definition) is 7. The highest BCUT2D eigenvalue weighted by molar-refractivity contribution is 6.75. The first-order valence-corrected chi connectivity index (χ1v) is 47.9. The van der Waals surface area contributed by atoms with E-state index in [1.165, 1.54) is 70.1 Å². The van der Waals surface area contributed by atoms with Crippen LogP contribution in [0.25, 0.3) is 0 Å². The fourth-order valence-corrected chi connectivity index (χ4v) is 13.8. The number of nitro groups is 3. The topological polar surface area (TPSA) is 464 Å². The number of hydrogen-bond acceptors (Lipinski definition) is 29. The normalized spacial score (nSPS) is 21.7. The number of alkyl halides is 5. The largest absolute Gasteiger partial charge is 0.474 e. The summed E-state index contributed by atoms with van der Waals surface area (Å²) in [5.41, 5.74) is 4.86. The molecule has 16 atom stereocenters. The molecule has 0 radical (unpaired) electrons. The Labute approximate surface area is 701 Å². The zero-order chi connectivity index (χ0) is 90.7. The van der Waals surface area contributed by atoms with Crippen LogP contribution in [0, 0.1) is 35.8 Å². The van der Waals surface area contributed by atoms with Crippen LogP contribution in [0.3, 0.4) is 0 Å². The minimum atomic E-state index is -1.96. The fraction of sp³-hybridized carbons (Fsp3) is 0.747. The van der Waals surface area contributed by atoms with Crippen molar-refractivity contribution < 1.29 is 121 Å². The molecule has 0 spiro atoms. The van der Waals surface area contributed by atoms with Gasteiger partial charge in [-0.3, -0.25) is 44.3 Å². The summed E-state index contributed by atoms with van der Waals surface area (Å²) in [6, 6.07) is 15.7. The highest BCUT2D eigenvalue weighted by Crippen LogP contribution is 2.47. The molecule has 2 saturated heterocycles. The van der Waals surface area contributed by atoms with E-state index in [0.717, 1.165) is 44.1 Å². The molecule has 6 aliphatic rings. The van der Waals surface area contributed by atoms with E-state index in [1.807, 2.05) is 0 Å². The second-order valence-electron chi connectivity index (χ2n) is 31.7. The molecule has 666 valence electrons. The lowest BCUT2D eigenvalue weighted by Crippen LogP contribution is -2.59. The standard InChI is InChI=1S/C23H22N2O2.C10H23NO4Si.C10H22O3Si.C9H20O2Si.C6H11NO6.C4H9NO4.C4H8O3.C4H8O.C2H2O2.2CH2Cl2.CH3F/c1-23(2,21-24-19-15-9-5-3-7-13(15)11-17(19)26-21)22-25-20-16-10-6-4-8-14(16)12-18(20)27-22;1-8(9(12)7-11(13)14)15-16(5,6)10(2,3)4;1-8(9(11)12-5)13-14(6,7)10(2,3)4;1-8(7-10)11-12(5,6)9(2,3)4;1-2-4(8)3(7(11)12)5(9)6(10)13-2;1-3(6)4(7)2-5(8)9;1-3(5)4(6)7-2;1-2-4-5-3-1;3-1-2-4;2*2-1-3;1-2/h3-10,17-20H,11-12H2,1-2H3;8-9,12H,7H2,1-6H3;8H,1-7H3;7-8H,1-6H3;2-6,8-10H,1H3;3-4,6-7H,2H2,1H3;3,5H,1-2H3;1-4H2;1-2H;2*1H2;1H3/t17-,18?,19?,20+;8-,9+;2*8-;2-,3+,4-,5-,6+;3-,4+;3-;;;;;/m0111111...../s1. The average Bonchev–Trinajstić information content (AvgIpc) is 1.59. The highest BCUT2D eigenvalue weighted by atomic mass is 35.5. The summed E-state index contributed by atoms with van der Waals surface area (Å²) in [6.45, 7) is 46.3. The Hall–Kier alpha value is -5.21. The van der Waals surface area contributed by atoms with E-state index in [0.29, 0.717) is 7.18 Å². The molecule has 2 aromatic rings. The van der Waals surface area contributed by atoms with Crippen molar-refractivity contribution in [3.8, 4) is 0 Å². The van der Waals surface area contributed by atoms with E-state index in [4.69, 9.17) is 119 Å². The van der Waals surface area contributed by atoms with Gasteiger partial charge in [0.05, 0.1) is 56.5 Å². The number of carbonyl (C=O) groups is 5. The third-order valence-corrected chi connectivity index (χ3v) is 32.9. The number of fused-ring (bicyclic) bond motifs is 6. The van der Waals surface area contributed by atoms with Crippen LogP contribution in [0.15, 0.2) is 58.5 Å². The molecule has 0 bridgehead atoms. The van der Waals surface area contributed by atoms with Crippen LogP contribution < -0.4 is 0 Å². The lowest BCUT2D eigenvalue weighted by atomic mass is 9.92. The molecule has 2 aliphatic carbocycles. The van der Waals surface area contributed by atoms with Gasteiger partial charge in [0, 0.05) is 40.8 Å². The molecule has 8 rings (SSSR count). The van der Waals surface area contributed by atoms with Crippen LogP contribution in [0.4, 0.5) is 4.39 Å². The number of rotatable bonds is 19. The molecule has 0 saturated carbocycles. The van der Waals surface area contributed by atoms with E-state index in [1.54, 1.807) is 20.8 Å². The van der Waals surface area contributed by atoms with Crippen molar-refractivity contribution in [2.45, 2.75) is 295 Å². The minimum Gasteiger partial charge on any atom is -0.474 e. The lowest BCUT2D eigenvalue weighted by molar-refractivity contribution is -0.563. The van der Waals surface area contributed by atoms with Crippen LogP contribution in [0.2, 0.25) is 54.4 Å². The third-order valence-electron chi connectivity index (χ3n) is 19.2. The third kappa shape index (κ3) is 42.5. The molecular weight excluding hydrogens is 1650 g/mol. The van der Waals surface area contributed by atoms with Crippen molar-refractivity contribution in [1.82, 2.24) is 0 Å². The van der Waals surface area contributed by atoms with Gasteiger partial charge in [-0.1, -0.05) is 111 Å². The minimum absolute atomic E-state index is 0.0373. The Morgan fingerprint density at radius 3 is 1.24 bits per heavy atom. The van der Waals surface area contributed by atoms with E-state index in [-0.39, 0.29) is 74.7 Å². The van der Waals surface area contributed by atoms with Crippen molar-refractivity contribution in [1.29, 1.82) is 0 Å². The Morgan fingerprint density at radius 1 is 0.600 bits per heavy atom. The summed E-state index contributed by atoms with van der Waals surface area (Å²) in [6.07, 6.45) is -5.23. The van der Waals surface area contributed by atoms with Crippen molar-refractivity contribution in [3.63, 3.8) is 0 Å². The lowest BCUT2D eigenvalue weighted by Gasteiger charge is -2.39. The fourth-order valence-electron chi connectivity index (χ4n) is 9.69. The summed E-state index contributed by atoms with van der Waals surface area (Å²) >= 11 is 19.1. The SMILES string of the molecule is C1CCOC1.CC(C)(C1=N[C@@H]2c3ccccc3CC2O1)C1=NC2c3ccccc3C[C@@H]2O1.CF.COC(=O)[C@@H](C)O.COC(=O)[C@@H](C)O[Si](C)(C)C(C)(C)C.C[C@@H](O)[C@@H](O)C[N+](=O)[O-].C[C@@H](O[Si](C)(C)C(C)(C)C)[C@@H](O)C[N+](=O)[O-].C[C@H](C=O)O[Si](C)(C)C(C)(C)C.C[C@H]1O[C@H](O)[C@H](O)[C@@H]([N+](=O)[O-])[C@@H]1O.ClCCl.ClCCl.O=CC=O. The van der Waals surface area contributed by atoms with E-state index >= 15 is 0 Å². The van der Waals surface area contributed by atoms with Gasteiger partial charge in [0.25, 0.3) is 6.04 Å². The van der Waals surface area contributed by atoms with Gasteiger partial charge >= 0.3 is 11.9 Å². The second kappa shape index (κ2) is 56.3. The van der Waals surface area contributed by atoms with Crippen LogP contribution in [-0.2, 0) is 78.5 Å². The summed E-state index contributed by atoms with van der Waals surface area (Å²) < 4.78 is 57.9. The number of aliphatic hydroxyl groups is 7. The first-order chi connectivity index (χ1) is 52.8. The van der Waals surface area contributed by atoms with Gasteiger partial charge in [0.1, 0.15) is 66.5 Å². The van der Waals surface area contributed by atoms with Crippen LogP contribution >= 0.6 is 46.4 Å². The molecule has 2 aromatic carbocycles. The van der Waals surface area contributed by atoms with Gasteiger partial charge < -0.3 is 82.2 Å². The van der Waals surface area contributed by atoms with E-state index < -0.39 is 131 Å². The Balaban J connectivity index is -0.000000625. The zero-order valence-electron chi connectivity index (χ0n) is 71.6. The summed E-state index contributed by atoms with van der Waals surface area (Å²) in [5.74, 6) is 0.632. The second-order valence-corrected chi connectivity index (χ2v) is 47.6. The Morgan fingerprint density at radius 2 is 0.957 bits per heavy atom. The van der Waals surface area contributed by atoms with E-state index in [9.17, 15) is 59.3 Å². The maximum absolute atomic E-state index is 11.2. The number of ether oxygens (including phenoxy) is 6. The monoisotopic (exact) mass is 1780 g/mol. The number of aldehydes is 3. The number of halogens is 5. The van der Waals surface area contributed by atoms with Crippen molar-refractivity contribution in [3.05, 3.63) is 101 Å². The van der Waals surface area contributed by atoms with Crippen molar-refractivity contribution >= 4 is 114 Å². The number of benzene rings is 2. The molecule has 4 heterocycles. The van der Waals surface area contributed by atoms with Gasteiger partial charge in [-0.2, -0.15) is 0 Å². The maximum Gasteiger partial charge on any atom is 0.334 e. The predicted molar refractivity (Wildman–Crippen MR) is 448 cm³/mol. The number of esters is 2. The van der Waals surface area contributed by atoms with Gasteiger partial charge in [-0.15, -0.1) is 46.4 Å². The smallest absolute Gasteiger partial charge is 0.334 e. The number of aliphatic hydroxyl groups excluding tert-OH is 7. The van der Waals surface area contributed by atoms with Gasteiger partial charge in [-0.25, -0.2) is 19.6 Å². The first kappa shape index (κ1) is 116. The maximum atomic E-state index is 11.2. The predicted octanol–water partition coefficient (Wildman–Crippen LogP) is 11.6. The van der Waals surface area contributed by atoms with Crippen molar-refractivity contribution in [2.24, 2.45) is 15.4 Å². The van der Waals surface area contributed by atoms with Crippen LogP contribution in [0.5, 0.6) is 0 Å². The number of methoxy groups -OCH3 is 2. The molecule has 2 fully saturated rings. The summed E-state index contributed by atoms with van der Waals surface area (Å²) in [4.78, 5) is 87.5. The zero-order valence-corrected chi connectivity index (χ0v) is 77.6. The molecule has 32 nitrogen and oxygen atoms in total. The van der Waals surface area contributed by atoms with Crippen LogP contribution in [-0.4, -0.2) is 262 Å². The molecule has 2 unspecified atom stereocenters. The van der Waals surface area contributed by atoms with Gasteiger partial charge in [0.15, 0.2) is 61.7 Å². The van der Waals surface area contributed by atoms with Gasteiger partial charge in [0.2, 0.25) is 13.1 Å². The number of aliphatic imine (C=N–C) groups is 2. The first-order valence-electron chi connectivity index (χ1n) is 37.0. The molecule has 0 amide bonds. The molecule has 4 aliphatic heterocycles. The molecule has 115 heavy (non-hydrogen) atoms. The quantitative estimate of drug-likeness (QED) is 0.0131. The molecule has 7 N–H and O–H groups in total. The molecular formula is C75H132Cl4FN5O27Si3. The Bertz CT molecular complexity index is 3130. The number of nitrogens with zero attached hydrogens (tertiary/aromatic N) is 5. The molecule has 0 aromatic heterocycles. The number of carbonyl (C=O) groups excluding carboxylic acids is 5. The summed E-state index contributed by atoms with van der Waals surface area (Å²) in [5, 5.41) is 93.5. The average molecular weight is 1780 g/mol. The highest BCUT2D eigenvalue weighted by Gasteiger charge is 2.52. The van der Waals surface area contributed by atoms with Gasteiger partial charge in [-0.05, 0) is 145 Å². The summed E-state index contributed by atoms with van der Waals surface area (Å²) in [7, 11) is -2.42. The molecule has 40 heteroatoms. The van der Waals surface area contributed by atoms with Crippen LogP contribution in [0.1, 0.15) is 165 Å². The van der Waals surface area contributed by atoms with E-state index in [2.05, 4.69) is 178 Å². The Kier molecular flexibility index (Phi) is 56.9. The van der Waals surface area contributed by atoms with Crippen molar-refractivity contribution in [2.75, 3.05) is 58.4 Å².